The number of nitrogens with zero attached hydrogens (tertiary/aromatic N) is 1. The SMILES string of the molecule is CCOc1cc(-c2ccc(F)cc2)nc2ccc(C(=O)NCCc3ccc(OC)c(OC)c3)cc12. The van der Waals surface area contributed by atoms with E-state index in [4.69, 9.17) is 19.2 Å². The molecule has 0 aliphatic heterocycles. The summed E-state index contributed by atoms with van der Waals surface area (Å²) < 4.78 is 29.8. The molecule has 6 nitrogen and oxygen atoms in total. The first-order valence-electron chi connectivity index (χ1n) is 11.3. The van der Waals surface area contributed by atoms with E-state index in [1.165, 1.54) is 12.1 Å². The van der Waals surface area contributed by atoms with Crippen LogP contribution in [0.1, 0.15) is 22.8 Å². The molecule has 0 unspecified atom stereocenters. The van der Waals surface area contributed by atoms with Crippen molar-refractivity contribution >= 4 is 16.8 Å². The average Bonchev–Trinajstić information content (AvgIpc) is 2.88. The van der Waals surface area contributed by atoms with E-state index in [0.29, 0.717) is 53.6 Å². The summed E-state index contributed by atoms with van der Waals surface area (Å²) in [5.74, 6) is 1.45. The molecule has 3 aromatic carbocycles. The number of pyridine rings is 1. The molecule has 7 heteroatoms. The van der Waals surface area contributed by atoms with Gasteiger partial charge in [-0.3, -0.25) is 4.79 Å². The maximum absolute atomic E-state index is 13.3. The predicted molar refractivity (Wildman–Crippen MR) is 134 cm³/mol. The number of halogens is 1. The van der Waals surface area contributed by atoms with E-state index < -0.39 is 0 Å². The van der Waals surface area contributed by atoms with Crippen molar-refractivity contribution in [1.82, 2.24) is 10.3 Å². The number of hydrogen-bond donors (Lipinski definition) is 1. The summed E-state index contributed by atoms with van der Waals surface area (Å²) in [6.07, 6.45) is 0.645. The van der Waals surface area contributed by atoms with Gasteiger partial charge in [-0.2, -0.15) is 0 Å². The fourth-order valence-corrected chi connectivity index (χ4v) is 3.84. The van der Waals surface area contributed by atoms with Gasteiger partial charge in [0.15, 0.2) is 11.5 Å². The highest BCUT2D eigenvalue weighted by Gasteiger charge is 2.13. The summed E-state index contributed by atoms with van der Waals surface area (Å²) in [5, 5.41) is 3.71. The third-order valence-corrected chi connectivity index (χ3v) is 5.62. The van der Waals surface area contributed by atoms with E-state index in [0.717, 1.165) is 16.5 Å². The van der Waals surface area contributed by atoms with Gasteiger partial charge in [0.2, 0.25) is 0 Å². The van der Waals surface area contributed by atoms with Crippen molar-refractivity contribution in [3.8, 4) is 28.5 Å². The van der Waals surface area contributed by atoms with E-state index >= 15 is 0 Å². The van der Waals surface area contributed by atoms with Gasteiger partial charge >= 0.3 is 0 Å². The van der Waals surface area contributed by atoms with Crippen LogP contribution in [0.3, 0.4) is 0 Å². The number of fused-ring (bicyclic) bond motifs is 1. The number of hydrogen-bond acceptors (Lipinski definition) is 5. The van der Waals surface area contributed by atoms with Crippen LogP contribution in [-0.4, -0.2) is 38.3 Å². The Labute approximate surface area is 203 Å². The highest BCUT2D eigenvalue weighted by Crippen LogP contribution is 2.31. The molecule has 0 radical (unpaired) electrons. The van der Waals surface area contributed by atoms with Gasteiger partial charge in [0.25, 0.3) is 5.91 Å². The van der Waals surface area contributed by atoms with Gasteiger partial charge < -0.3 is 19.5 Å². The molecule has 0 aliphatic carbocycles. The van der Waals surface area contributed by atoms with Crippen molar-refractivity contribution in [2.24, 2.45) is 0 Å². The molecule has 180 valence electrons. The predicted octanol–water partition coefficient (Wildman–Crippen LogP) is 5.43. The van der Waals surface area contributed by atoms with Gasteiger partial charge in [0, 0.05) is 29.1 Å². The van der Waals surface area contributed by atoms with Crippen LogP contribution < -0.4 is 19.5 Å². The number of nitrogens with one attached hydrogen (secondary N) is 1. The minimum absolute atomic E-state index is 0.183. The number of ether oxygens (including phenoxy) is 3. The van der Waals surface area contributed by atoms with Crippen molar-refractivity contribution < 1.29 is 23.4 Å². The first-order chi connectivity index (χ1) is 17.0. The number of carbonyl (C=O) groups excluding carboxylic acids is 1. The van der Waals surface area contributed by atoms with Crippen LogP contribution in [0, 0.1) is 5.82 Å². The Bertz CT molecular complexity index is 1340. The Morgan fingerprint density at radius 3 is 2.40 bits per heavy atom. The molecule has 1 aromatic heterocycles. The quantitative estimate of drug-likeness (QED) is 0.350. The molecule has 0 fully saturated rings. The molecule has 0 saturated carbocycles. The Morgan fingerprint density at radius 1 is 0.914 bits per heavy atom. The lowest BCUT2D eigenvalue weighted by atomic mass is 10.1. The van der Waals surface area contributed by atoms with E-state index in [2.05, 4.69) is 5.32 Å². The zero-order chi connectivity index (χ0) is 24.8. The van der Waals surface area contributed by atoms with Gasteiger partial charge in [-0.15, -0.1) is 0 Å². The molecule has 4 aromatic rings. The van der Waals surface area contributed by atoms with E-state index in [1.807, 2.05) is 31.2 Å². The normalized spacial score (nSPS) is 10.7. The van der Waals surface area contributed by atoms with Crippen molar-refractivity contribution in [2.75, 3.05) is 27.4 Å². The fraction of sp³-hybridized carbons (Fsp3) is 0.214. The molecule has 0 bridgehead atoms. The highest BCUT2D eigenvalue weighted by atomic mass is 19.1. The first kappa shape index (κ1) is 24.0. The van der Waals surface area contributed by atoms with Gasteiger partial charge in [0.1, 0.15) is 11.6 Å². The topological polar surface area (TPSA) is 69.7 Å². The number of methoxy groups -OCH3 is 2. The molecule has 0 aliphatic rings. The van der Waals surface area contributed by atoms with Crippen LogP contribution in [0.15, 0.2) is 66.7 Å². The Morgan fingerprint density at radius 2 is 1.69 bits per heavy atom. The van der Waals surface area contributed by atoms with Crippen LogP contribution in [0.25, 0.3) is 22.2 Å². The summed E-state index contributed by atoms with van der Waals surface area (Å²) >= 11 is 0. The third-order valence-electron chi connectivity index (χ3n) is 5.62. The van der Waals surface area contributed by atoms with Gasteiger partial charge in [-0.1, -0.05) is 6.07 Å². The first-order valence-corrected chi connectivity index (χ1v) is 11.3. The van der Waals surface area contributed by atoms with Crippen LogP contribution in [0.2, 0.25) is 0 Å². The lowest BCUT2D eigenvalue weighted by molar-refractivity contribution is 0.0954. The smallest absolute Gasteiger partial charge is 0.251 e. The lowest BCUT2D eigenvalue weighted by Gasteiger charge is -2.12. The second-order valence-corrected chi connectivity index (χ2v) is 7.87. The fourth-order valence-electron chi connectivity index (χ4n) is 3.84. The summed E-state index contributed by atoms with van der Waals surface area (Å²) in [6, 6.07) is 19.0. The van der Waals surface area contributed by atoms with Crippen LogP contribution in [0.5, 0.6) is 17.2 Å². The van der Waals surface area contributed by atoms with Crippen LogP contribution in [0.4, 0.5) is 4.39 Å². The molecule has 0 atom stereocenters. The van der Waals surface area contributed by atoms with Crippen molar-refractivity contribution in [1.29, 1.82) is 0 Å². The van der Waals surface area contributed by atoms with Crippen LogP contribution in [-0.2, 0) is 6.42 Å². The van der Waals surface area contributed by atoms with Gasteiger partial charge in [-0.25, -0.2) is 9.37 Å². The van der Waals surface area contributed by atoms with Gasteiger partial charge in [-0.05, 0) is 73.5 Å². The van der Waals surface area contributed by atoms with Crippen molar-refractivity contribution in [3.05, 3.63) is 83.7 Å². The minimum atomic E-state index is -0.304. The maximum atomic E-state index is 13.3. The zero-order valence-electron chi connectivity index (χ0n) is 19.9. The average molecular weight is 475 g/mol. The second-order valence-electron chi connectivity index (χ2n) is 7.87. The molecule has 0 spiro atoms. The zero-order valence-corrected chi connectivity index (χ0v) is 19.9. The highest BCUT2D eigenvalue weighted by molar-refractivity contribution is 5.99. The largest absolute Gasteiger partial charge is 0.493 e. The second kappa shape index (κ2) is 10.9. The monoisotopic (exact) mass is 474 g/mol. The number of carbonyl (C=O) groups is 1. The number of amides is 1. The number of rotatable bonds is 9. The molecule has 1 N–H and O–H groups in total. The Balaban J connectivity index is 1.52. The molecule has 1 amide bonds. The lowest BCUT2D eigenvalue weighted by Crippen LogP contribution is -2.25. The Hall–Kier alpha value is -4.13. The molecule has 1 heterocycles. The summed E-state index contributed by atoms with van der Waals surface area (Å²) in [5.41, 5.74) is 3.69. The number of aromatic nitrogens is 1. The molecule has 35 heavy (non-hydrogen) atoms. The van der Waals surface area contributed by atoms with E-state index in [1.54, 1.807) is 44.6 Å². The molecular formula is C28H27FN2O4. The molecule has 0 saturated heterocycles. The molecular weight excluding hydrogens is 447 g/mol. The Kier molecular flexibility index (Phi) is 7.45. The minimum Gasteiger partial charge on any atom is -0.493 e. The summed E-state index contributed by atoms with van der Waals surface area (Å²) in [4.78, 5) is 17.5. The third kappa shape index (κ3) is 5.51. The van der Waals surface area contributed by atoms with E-state index in [-0.39, 0.29) is 11.7 Å². The summed E-state index contributed by atoms with van der Waals surface area (Å²) in [7, 11) is 3.19. The molecule has 4 rings (SSSR count). The summed E-state index contributed by atoms with van der Waals surface area (Å²) in [6.45, 7) is 2.82. The van der Waals surface area contributed by atoms with Crippen molar-refractivity contribution in [3.63, 3.8) is 0 Å². The van der Waals surface area contributed by atoms with E-state index in [9.17, 15) is 9.18 Å². The van der Waals surface area contributed by atoms with Crippen molar-refractivity contribution in [2.45, 2.75) is 13.3 Å². The standard InChI is InChI=1S/C28H27FN2O4/c1-4-35-26-17-24(19-6-9-21(29)10-7-19)31-23-11-8-20(16-22(23)26)28(32)30-14-13-18-5-12-25(33-2)27(15-18)34-3/h5-12,15-17H,4,13-14H2,1-3H3,(H,30,32). The van der Waals surface area contributed by atoms with Crippen LogP contribution >= 0.6 is 0 Å². The van der Waals surface area contributed by atoms with Gasteiger partial charge in [0.05, 0.1) is 32.0 Å². The maximum Gasteiger partial charge on any atom is 0.251 e. The number of benzene rings is 3.